The van der Waals surface area contributed by atoms with E-state index in [1.54, 1.807) is 10.9 Å². The number of hydrogen-bond acceptors (Lipinski definition) is 4. The van der Waals surface area contributed by atoms with E-state index in [0.29, 0.717) is 35.1 Å². The van der Waals surface area contributed by atoms with Crippen LogP contribution in [0, 0.1) is 11.8 Å². The smallest absolute Gasteiger partial charge is 0.291 e. The van der Waals surface area contributed by atoms with Crippen molar-refractivity contribution in [3.8, 4) is 0 Å². The van der Waals surface area contributed by atoms with Gasteiger partial charge < -0.3 is 10.4 Å². The van der Waals surface area contributed by atoms with Crippen molar-refractivity contribution in [2.75, 3.05) is 11.9 Å². The highest BCUT2D eigenvalue weighted by Gasteiger charge is 2.29. The number of aromatic nitrogens is 2. The van der Waals surface area contributed by atoms with Crippen molar-refractivity contribution in [1.82, 2.24) is 9.78 Å². The van der Waals surface area contributed by atoms with Crippen LogP contribution in [0.1, 0.15) is 32.1 Å². The topological polar surface area (TPSA) is 67.2 Å². The highest BCUT2D eigenvalue weighted by molar-refractivity contribution is 9.10. The third-order valence-electron chi connectivity index (χ3n) is 4.31. The maximum atomic E-state index is 12.4. The lowest BCUT2D eigenvalue weighted by molar-refractivity contribution is 0.164. The molecular formula is C14H20BrN3O2. The van der Waals surface area contributed by atoms with E-state index in [0.717, 1.165) is 12.8 Å². The summed E-state index contributed by atoms with van der Waals surface area (Å²) in [5, 5.41) is 17.2. The quantitative estimate of drug-likeness (QED) is 0.830. The van der Waals surface area contributed by atoms with E-state index in [1.165, 1.54) is 19.3 Å². The van der Waals surface area contributed by atoms with Gasteiger partial charge in [0.25, 0.3) is 5.56 Å². The van der Waals surface area contributed by atoms with Gasteiger partial charge in [-0.25, -0.2) is 4.68 Å². The zero-order valence-electron chi connectivity index (χ0n) is 11.4. The zero-order chi connectivity index (χ0) is 14.1. The first-order chi connectivity index (χ1) is 9.65. The first-order valence-electron chi connectivity index (χ1n) is 7.32. The highest BCUT2D eigenvalue weighted by Crippen LogP contribution is 2.32. The molecule has 3 rings (SSSR count). The summed E-state index contributed by atoms with van der Waals surface area (Å²) >= 11 is 3.36. The summed E-state index contributed by atoms with van der Waals surface area (Å²) in [6.07, 6.45) is 7.11. The van der Waals surface area contributed by atoms with Crippen LogP contribution in [0.5, 0.6) is 0 Å². The summed E-state index contributed by atoms with van der Waals surface area (Å²) in [5.41, 5.74) is 0.410. The van der Waals surface area contributed by atoms with Crippen molar-refractivity contribution >= 4 is 21.6 Å². The first kappa shape index (κ1) is 14.1. The Morgan fingerprint density at radius 2 is 2.20 bits per heavy atom. The summed E-state index contributed by atoms with van der Waals surface area (Å²) in [7, 11) is 0. The van der Waals surface area contributed by atoms with Crippen LogP contribution in [0.25, 0.3) is 0 Å². The number of nitrogens with one attached hydrogen (secondary N) is 1. The number of aliphatic hydroxyl groups excluding tert-OH is 1. The van der Waals surface area contributed by atoms with Crippen LogP contribution in [0.4, 0.5) is 5.69 Å². The fourth-order valence-corrected chi connectivity index (χ4v) is 2.93. The Hall–Kier alpha value is -0.880. The molecule has 1 aromatic rings. The standard InChI is InChI=1S/C14H20BrN3O2/c15-11-6-17-18(8-9-2-1-3-9)14(20)13(11)16-7-12(19)10-4-5-10/h6,9-10,12,16,19H,1-5,7-8H2. The van der Waals surface area contributed by atoms with Gasteiger partial charge in [-0.05, 0) is 53.4 Å². The molecular weight excluding hydrogens is 322 g/mol. The third-order valence-corrected chi connectivity index (χ3v) is 4.91. The zero-order valence-corrected chi connectivity index (χ0v) is 13.0. The molecule has 0 amide bonds. The van der Waals surface area contributed by atoms with Crippen molar-refractivity contribution in [3.05, 3.63) is 21.0 Å². The fourth-order valence-electron chi connectivity index (χ4n) is 2.53. The van der Waals surface area contributed by atoms with Crippen LogP contribution in [-0.2, 0) is 6.54 Å². The minimum Gasteiger partial charge on any atom is -0.391 e. The summed E-state index contributed by atoms with van der Waals surface area (Å²) in [5.74, 6) is 0.992. The highest BCUT2D eigenvalue weighted by atomic mass is 79.9. The summed E-state index contributed by atoms with van der Waals surface area (Å²) in [6.45, 7) is 1.12. The van der Waals surface area contributed by atoms with E-state index in [9.17, 15) is 9.90 Å². The Kier molecular flexibility index (Phi) is 4.12. The van der Waals surface area contributed by atoms with Gasteiger partial charge in [0, 0.05) is 13.1 Å². The Labute approximate surface area is 126 Å². The Morgan fingerprint density at radius 1 is 1.45 bits per heavy atom. The number of anilines is 1. The summed E-state index contributed by atoms with van der Waals surface area (Å²) in [6, 6.07) is 0. The predicted molar refractivity (Wildman–Crippen MR) is 80.8 cm³/mol. The fraction of sp³-hybridized carbons (Fsp3) is 0.714. The summed E-state index contributed by atoms with van der Waals surface area (Å²) in [4.78, 5) is 12.4. The third kappa shape index (κ3) is 3.06. The minimum atomic E-state index is -0.366. The number of rotatable bonds is 6. The largest absolute Gasteiger partial charge is 0.391 e. The van der Waals surface area contributed by atoms with Crippen LogP contribution in [0.3, 0.4) is 0 Å². The van der Waals surface area contributed by atoms with Gasteiger partial charge in [-0.3, -0.25) is 4.79 Å². The van der Waals surface area contributed by atoms with E-state index >= 15 is 0 Å². The lowest BCUT2D eigenvalue weighted by Crippen LogP contribution is -2.32. The average molecular weight is 342 g/mol. The molecule has 1 aromatic heterocycles. The Morgan fingerprint density at radius 3 is 2.80 bits per heavy atom. The molecule has 2 aliphatic rings. The van der Waals surface area contributed by atoms with Crippen LogP contribution < -0.4 is 10.9 Å². The molecule has 0 spiro atoms. The van der Waals surface area contributed by atoms with Crippen LogP contribution in [0.15, 0.2) is 15.5 Å². The van der Waals surface area contributed by atoms with Crippen LogP contribution in [0.2, 0.25) is 0 Å². The molecule has 2 fully saturated rings. The molecule has 1 atom stereocenters. The van der Waals surface area contributed by atoms with E-state index in [-0.39, 0.29) is 11.7 Å². The van der Waals surface area contributed by atoms with Crippen molar-refractivity contribution in [3.63, 3.8) is 0 Å². The van der Waals surface area contributed by atoms with Gasteiger partial charge in [-0.15, -0.1) is 0 Å². The molecule has 5 nitrogen and oxygen atoms in total. The SMILES string of the molecule is O=c1c(NCC(O)C2CC2)c(Br)cnn1CC1CCC1. The molecule has 110 valence electrons. The molecule has 1 unspecified atom stereocenters. The van der Waals surface area contributed by atoms with Crippen molar-refractivity contribution < 1.29 is 5.11 Å². The van der Waals surface area contributed by atoms with Crippen LogP contribution in [-0.4, -0.2) is 27.5 Å². The Bertz CT molecular complexity index is 538. The minimum absolute atomic E-state index is 0.103. The monoisotopic (exact) mass is 341 g/mol. The van der Waals surface area contributed by atoms with Gasteiger partial charge in [0.2, 0.25) is 0 Å². The van der Waals surface area contributed by atoms with Gasteiger partial charge in [0.1, 0.15) is 5.69 Å². The number of nitrogens with zero attached hydrogens (tertiary/aromatic N) is 2. The molecule has 2 N–H and O–H groups in total. The van der Waals surface area contributed by atoms with Gasteiger partial charge in [-0.1, -0.05) is 6.42 Å². The maximum absolute atomic E-state index is 12.4. The second kappa shape index (κ2) is 5.85. The van der Waals surface area contributed by atoms with Gasteiger partial charge in [-0.2, -0.15) is 5.10 Å². The molecule has 0 radical (unpaired) electrons. The van der Waals surface area contributed by atoms with Crippen molar-refractivity contribution in [2.24, 2.45) is 11.8 Å². The molecule has 0 aromatic carbocycles. The lowest BCUT2D eigenvalue weighted by atomic mass is 9.85. The average Bonchev–Trinajstić information content (AvgIpc) is 3.19. The van der Waals surface area contributed by atoms with E-state index in [1.807, 2.05) is 0 Å². The molecule has 2 aliphatic carbocycles. The molecule has 1 heterocycles. The molecule has 0 saturated heterocycles. The number of hydrogen-bond donors (Lipinski definition) is 2. The molecule has 20 heavy (non-hydrogen) atoms. The molecule has 6 heteroatoms. The van der Waals surface area contributed by atoms with Gasteiger partial charge in [0.15, 0.2) is 0 Å². The predicted octanol–water partition coefficient (Wildman–Crippen LogP) is 1.99. The van der Waals surface area contributed by atoms with Gasteiger partial charge >= 0.3 is 0 Å². The normalized spacial score (nSPS) is 20.5. The first-order valence-corrected chi connectivity index (χ1v) is 8.12. The van der Waals surface area contributed by atoms with E-state index in [4.69, 9.17) is 0 Å². The van der Waals surface area contributed by atoms with Gasteiger partial charge in [0.05, 0.1) is 16.8 Å². The van der Waals surface area contributed by atoms with E-state index < -0.39 is 0 Å². The molecule has 2 saturated carbocycles. The second-order valence-corrected chi connectivity index (χ2v) is 6.79. The molecule has 0 aliphatic heterocycles. The van der Waals surface area contributed by atoms with Crippen molar-refractivity contribution in [2.45, 2.75) is 44.8 Å². The second-order valence-electron chi connectivity index (χ2n) is 5.94. The molecule has 0 bridgehead atoms. The maximum Gasteiger partial charge on any atom is 0.291 e. The number of aliphatic hydroxyl groups is 1. The summed E-state index contributed by atoms with van der Waals surface area (Å²) < 4.78 is 2.20. The lowest BCUT2D eigenvalue weighted by Gasteiger charge is -2.25. The van der Waals surface area contributed by atoms with E-state index in [2.05, 4.69) is 26.3 Å². The van der Waals surface area contributed by atoms with Crippen LogP contribution >= 0.6 is 15.9 Å². The van der Waals surface area contributed by atoms with Crippen molar-refractivity contribution in [1.29, 1.82) is 0 Å². The number of halogens is 1. The Balaban J connectivity index is 1.70.